The fraction of sp³-hybridized carbons (Fsp3) is 0.542. The molecule has 1 aliphatic rings. The van der Waals surface area contributed by atoms with E-state index in [0.29, 0.717) is 17.0 Å². The molecule has 0 aliphatic carbocycles. The highest BCUT2D eigenvalue weighted by Crippen LogP contribution is 2.39. The average Bonchev–Trinajstić information content (AvgIpc) is 4.10. The Bertz CT molecular complexity index is 2580. The van der Waals surface area contributed by atoms with Crippen molar-refractivity contribution in [2.45, 2.75) is 133 Å². The summed E-state index contributed by atoms with van der Waals surface area (Å²) in [4.78, 5) is 157. The van der Waals surface area contributed by atoms with E-state index < -0.39 is 131 Å². The number of amides is 11. The number of carbonyl (C=O) groups is 11. The summed E-state index contributed by atoms with van der Waals surface area (Å²) in [6, 6.07) is -2.99. The van der Waals surface area contributed by atoms with Gasteiger partial charge in [-0.3, -0.25) is 52.7 Å². The Morgan fingerprint density at radius 3 is 2.03 bits per heavy atom. The third-order valence-electron chi connectivity index (χ3n) is 12.3. The van der Waals surface area contributed by atoms with Crippen molar-refractivity contribution in [3.05, 3.63) is 54.2 Å². The fourth-order valence-electron chi connectivity index (χ4n) is 8.29. The number of nitrogens with one attached hydrogen (secondary N) is 9. The summed E-state index contributed by atoms with van der Waals surface area (Å²) in [5.74, 6) is -8.21. The quantitative estimate of drug-likeness (QED) is 0.0320. The summed E-state index contributed by atoms with van der Waals surface area (Å²) in [7, 11) is 0. The molecule has 26 nitrogen and oxygen atoms in total. The van der Waals surface area contributed by atoms with Gasteiger partial charge in [-0.05, 0) is 69.6 Å². The lowest BCUT2D eigenvalue weighted by atomic mass is 10.00. The van der Waals surface area contributed by atoms with E-state index in [1.54, 1.807) is 44.3 Å². The molecular weight excluding hydrogens is 1030 g/mol. The smallest absolute Gasteiger partial charge is 0.246 e. The van der Waals surface area contributed by atoms with Crippen LogP contribution in [0.15, 0.2) is 43.0 Å². The van der Waals surface area contributed by atoms with E-state index in [-0.39, 0.29) is 50.3 Å². The number of nitrogens with zero attached hydrogens (tertiary/aromatic N) is 2. The highest BCUT2D eigenvalue weighted by Gasteiger charge is 2.49. The minimum atomic E-state index is -1.46. The summed E-state index contributed by atoms with van der Waals surface area (Å²) in [6.07, 6.45) is 5.33. The number of nitrogens with two attached hydrogens (primary N) is 4. The van der Waals surface area contributed by atoms with Crippen LogP contribution in [0, 0.1) is 5.92 Å². The molecular formula is C48H71N15O11S2. The van der Waals surface area contributed by atoms with Crippen LogP contribution >= 0.6 is 23.5 Å². The van der Waals surface area contributed by atoms with E-state index in [9.17, 15) is 52.7 Å². The Labute approximate surface area is 447 Å². The molecule has 0 spiro atoms. The van der Waals surface area contributed by atoms with E-state index >= 15 is 0 Å². The highest BCUT2D eigenvalue weighted by molar-refractivity contribution is 8.00. The Balaban J connectivity index is 1.50. The van der Waals surface area contributed by atoms with Gasteiger partial charge in [0.15, 0.2) is 0 Å². The molecule has 0 bridgehead atoms. The van der Waals surface area contributed by atoms with Gasteiger partial charge >= 0.3 is 0 Å². The van der Waals surface area contributed by atoms with Gasteiger partial charge in [-0.25, -0.2) is 4.98 Å². The van der Waals surface area contributed by atoms with E-state index in [1.807, 2.05) is 20.1 Å². The van der Waals surface area contributed by atoms with Crippen molar-refractivity contribution in [2.75, 3.05) is 24.4 Å². The van der Waals surface area contributed by atoms with Gasteiger partial charge in [0.25, 0.3) is 0 Å². The maximum atomic E-state index is 14.3. The van der Waals surface area contributed by atoms with Crippen LogP contribution < -0.4 is 60.2 Å². The number of aromatic nitrogens is 3. The number of primary amides is 3. The molecule has 416 valence electrons. The van der Waals surface area contributed by atoms with Crippen molar-refractivity contribution in [1.29, 1.82) is 0 Å². The first-order chi connectivity index (χ1) is 35.8. The number of benzene rings is 1. The molecule has 2 aromatic heterocycles. The third-order valence-corrected chi connectivity index (χ3v) is 14.3. The minimum absolute atomic E-state index is 0.000263. The van der Waals surface area contributed by atoms with Crippen molar-refractivity contribution < 1.29 is 52.7 Å². The van der Waals surface area contributed by atoms with Gasteiger partial charge in [0.1, 0.15) is 42.3 Å². The lowest BCUT2D eigenvalue weighted by Crippen LogP contribution is -2.60. The molecule has 1 fully saturated rings. The zero-order valence-electron chi connectivity index (χ0n) is 43.3. The Morgan fingerprint density at radius 2 is 1.39 bits per heavy atom. The first kappa shape index (κ1) is 61.3. The van der Waals surface area contributed by atoms with Crippen molar-refractivity contribution >= 4 is 99.4 Å². The van der Waals surface area contributed by atoms with Crippen molar-refractivity contribution in [3.8, 4) is 0 Å². The number of carbonyl (C=O) groups excluding carboxylic acids is 11. The summed E-state index contributed by atoms with van der Waals surface area (Å²) < 4.78 is -0.923. The molecule has 3 aromatic rings. The van der Waals surface area contributed by atoms with Crippen LogP contribution in [0.1, 0.15) is 78.0 Å². The number of fused-ring (bicyclic) bond motifs is 1. The molecule has 11 amide bonds. The van der Waals surface area contributed by atoms with Crippen LogP contribution in [-0.4, -0.2) is 162 Å². The second-order valence-electron chi connectivity index (χ2n) is 19.3. The number of aromatic amines is 2. The zero-order chi connectivity index (χ0) is 56.4. The average molecular weight is 1100 g/mol. The van der Waals surface area contributed by atoms with Gasteiger partial charge in [0.2, 0.25) is 65.0 Å². The molecule has 0 radical (unpaired) electrons. The Hall–Kier alpha value is -7.20. The second kappa shape index (κ2) is 28.6. The molecule has 1 aliphatic heterocycles. The van der Waals surface area contributed by atoms with Gasteiger partial charge in [-0.2, -0.15) is 11.8 Å². The van der Waals surface area contributed by atoms with Gasteiger partial charge in [-0.15, -0.1) is 11.8 Å². The zero-order valence-corrected chi connectivity index (χ0v) is 45.0. The number of para-hydroxylation sites is 1. The van der Waals surface area contributed by atoms with Crippen LogP contribution in [0.2, 0.25) is 0 Å². The standard InChI is InChI=1S/C48H71N15O11S2/c1-24(2)15-33(44(71)59-31(40(52)67)13-14-75-6)61-45(72)35(17-27-20-53-22-56-27)58-38(66)21-55-46(73)39-48(4,5)76-23-63(39)47(74)25(3)57-43(70)34(16-26-19-54-30-10-8-7-9-28(26)30)62-42(69)32(11-12-36(50)64)60-41(68)29(49)18-37(51)65/h7-10,19-20,22,24-25,29,31-35,39,54H,11-18,21,23,49H2,1-6H3,(H2,50,64)(H2,51,65)(H2,52,67)(H,53,56)(H,55,73)(H,57,70)(H,58,66)(H,59,71)(H,60,68)(H,61,72)(H,62,69). The van der Waals surface area contributed by atoms with Crippen molar-refractivity contribution in [1.82, 2.24) is 57.1 Å². The maximum absolute atomic E-state index is 14.3. The molecule has 1 aromatic carbocycles. The summed E-state index contributed by atoms with van der Waals surface area (Å²) in [5, 5.41) is 18.9. The monoisotopic (exact) mass is 1100 g/mol. The normalized spacial score (nSPS) is 16.7. The van der Waals surface area contributed by atoms with Crippen molar-refractivity contribution in [3.63, 3.8) is 0 Å². The van der Waals surface area contributed by atoms with Crippen LogP contribution in [0.4, 0.5) is 0 Å². The molecule has 28 heteroatoms. The number of thioether (sulfide) groups is 2. The van der Waals surface area contributed by atoms with Crippen LogP contribution in [0.5, 0.6) is 0 Å². The lowest BCUT2D eigenvalue weighted by Gasteiger charge is -2.32. The first-order valence-corrected chi connectivity index (χ1v) is 26.9. The van der Waals surface area contributed by atoms with Crippen molar-refractivity contribution in [2.24, 2.45) is 28.9 Å². The van der Waals surface area contributed by atoms with Crippen LogP contribution in [-0.2, 0) is 65.6 Å². The molecule has 76 heavy (non-hydrogen) atoms. The van der Waals surface area contributed by atoms with Gasteiger partial charge in [0.05, 0.1) is 31.2 Å². The second-order valence-corrected chi connectivity index (χ2v) is 21.9. The van der Waals surface area contributed by atoms with Gasteiger partial charge in [-0.1, -0.05) is 32.0 Å². The first-order valence-electron chi connectivity index (χ1n) is 24.5. The molecule has 17 N–H and O–H groups in total. The van der Waals surface area contributed by atoms with Gasteiger partial charge < -0.3 is 75.0 Å². The maximum Gasteiger partial charge on any atom is 0.246 e. The largest absolute Gasteiger partial charge is 0.370 e. The molecule has 1 saturated heterocycles. The topological polar surface area (TPSA) is 424 Å². The number of hydrogen-bond acceptors (Lipinski definition) is 15. The SMILES string of the molecule is CSCCC(NC(=O)C(CC(C)C)NC(=O)C(Cc1cnc[nH]1)NC(=O)CNC(=O)C1N(C(=O)C(C)NC(=O)C(Cc2c[nH]c3ccccc23)NC(=O)C(CCC(N)=O)NC(=O)C(N)CC(N)=O)CSC1(C)C)C(N)=O. The summed E-state index contributed by atoms with van der Waals surface area (Å²) in [6.45, 7) is 7.88. The van der Waals surface area contributed by atoms with Gasteiger partial charge in [0, 0.05) is 53.0 Å². The molecule has 3 heterocycles. The van der Waals surface area contributed by atoms with E-state index in [4.69, 9.17) is 22.9 Å². The summed E-state index contributed by atoms with van der Waals surface area (Å²) >= 11 is 2.73. The molecule has 8 atom stereocenters. The number of hydrogen-bond donors (Lipinski definition) is 13. The number of imidazole rings is 1. The number of H-pyrrole nitrogens is 2. The predicted octanol–water partition coefficient (Wildman–Crippen LogP) is -2.85. The minimum Gasteiger partial charge on any atom is -0.370 e. The Kier molecular flexibility index (Phi) is 23.1. The van der Waals surface area contributed by atoms with E-state index in [2.05, 4.69) is 52.2 Å². The fourth-order valence-corrected chi connectivity index (χ4v) is 9.90. The van der Waals surface area contributed by atoms with E-state index in [1.165, 1.54) is 47.9 Å². The van der Waals surface area contributed by atoms with Crippen LogP contribution in [0.25, 0.3) is 10.9 Å². The molecule has 4 rings (SSSR count). The molecule has 0 saturated carbocycles. The third kappa shape index (κ3) is 18.3. The lowest BCUT2D eigenvalue weighted by molar-refractivity contribution is -0.142. The van der Waals surface area contributed by atoms with E-state index in [0.717, 1.165) is 10.9 Å². The summed E-state index contributed by atoms with van der Waals surface area (Å²) in [5.41, 5.74) is 23.7. The predicted molar refractivity (Wildman–Crippen MR) is 284 cm³/mol. The Morgan fingerprint density at radius 1 is 0.776 bits per heavy atom. The number of rotatable bonds is 30. The highest BCUT2D eigenvalue weighted by atomic mass is 32.2. The van der Waals surface area contributed by atoms with Crippen LogP contribution in [0.3, 0.4) is 0 Å². The molecule has 8 unspecified atom stereocenters.